The zero-order chi connectivity index (χ0) is 19.4. The molecule has 0 radical (unpaired) electrons. The molecule has 3 aromatic rings. The predicted molar refractivity (Wildman–Crippen MR) is 120 cm³/mol. The Labute approximate surface area is 175 Å². The number of hydrogen-bond donors (Lipinski definition) is 2. The quantitative estimate of drug-likeness (QED) is 0.364. The summed E-state index contributed by atoms with van der Waals surface area (Å²) in [5.41, 5.74) is 3.15. The summed E-state index contributed by atoms with van der Waals surface area (Å²) in [6.45, 7) is 1.98. The second-order valence-electron chi connectivity index (χ2n) is 5.65. The summed E-state index contributed by atoms with van der Waals surface area (Å²) in [6, 6.07) is 17.5. The maximum atomic E-state index is 12.5. The molecule has 4 nitrogen and oxygen atoms in total. The lowest BCUT2D eigenvalue weighted by Gasteiger charge is -2.12. The summed E-state index contributed by atoms with van der Waals surface area (Å²) in [4.78, 5) is 13.5. The van der Waals surface area contributed by atoms with Gasteiger partial charge in [-0.05, 0) is 52.8 Å². The second kappa shape index (κ2) is 8.65. The Kier molecular flexibility index (Phi) is 6.26. The minimum atomic E-state index is -0.399. The average Bonchev–Trinajstić information content (AvgIpc) is 2.99. The molecule has 3 rings (SSSR count). The Morgan fingerprint density at radius 2 is 1.74 bits per heavy atom. The van der Waals surface area contributed by atoms with Gasteiger partial charge < -0.3 is 15.4 Å². The molecule has 7 heteroatoms. The first kappa shape index (κ1) is 19.5. The summed E-state index contributed by atoms with van der Waals surface area (Å²) in [6.07, 6.45) is 0. The number of thiocarbonyl (C=S) groups is 1. The third-order valence-corrected chi connectivity index (χ3v) is 5.80. The van der Waals surface area contributed by atoms with Crippen molar-refractivity contribution >= 4 is 61.3 Å². The molecule has 1 heterocycles. The number of ether oxygens (including phenoxy) is 1. The Morgan fingerprint density at radius 1 is 1.07 bits per heavy atom. The van der Waals surface area contributed by atoms with Gasteiger partial charge in [0.05, 0.1) is 12.8 Å². The molecule has 0 unspecified atom stereocenters. The summed E-state index contributed by atoms with van der Waals surface area (Å²) < 4.78 is 5.93. The van der Waals surface area contributed by atoms with E-state index < -0.39 is 5.97 Å². The molecule has 1 aromatic heterocycles. The molecule has 0 aliphatic carbocycles. The number of anilines is 2. The van der Waals surface area contributed by atoms with Gasteiger partial charge in [-0.3, -0.25) is 0 Å². The molecule has 138 valence electrons. The first-order valence-electron chi connectivity index (χ1n) is 8.11. The standard InChI is InChI=1S/C20H17BrN2O2S2/c1-12-16(13-8-4-3-5-9-13)17(19(24)25-2)18(27-12)23-20(26)22-15-11-7-6-10-14(15)21/h3-11H,1-2H3,(H2,22,23,26). The van der Waals surface area contributed by atoms with Crippen LogP contribution in [0.25, 0.3) is 11.1 Å². The monoisotopic (exact) mass is 460 g/mol. The van der Waals surface area contributed by atoms with E-state index in [-0.39, 0.29) is 0 Å². The summed E-state index contributed by atoms with van der Waals surface area (Å²) in [5, 5.41) is 7.34. The Hall–Kier alpha value is -2.22. The van der Waals surface area contributed by atoms with Crippen LogP contribution in [0.15, 0.2) is 59.1 Å². The number of thiophene rings is 1. The molecule has 0 spiro atoms. The number of halogens is 1. The highest BCUT2D eigenvalue weighted by molar-refractivity contribution is 9.10. The van der Waals surface area contributed by atoms with Crippen LogP contribution >= 0.6 is 39.5 Å². The lowest BCUT2D eigenvalue weighted by Crippen LogP contribution is -2.20. The first-order valence-corrected chi connectivity index (χ1v) is 10.1. The van der Waals surface area contributed by atoms with Gasteiger partial charge in [-0.15, -0.1) is 11.3 Å². The van der Waals surface area contributed by atoms with Crippen molar-refractivity contribution in [3.05, 3.63) is 69.5 Å². The van der Waals surface area contributed by atoms with E-state index in [0.717, 1.165) is 26.2 Å². The lowest BCUT2D eigenvalue weighted by molar-refractivity contribution is 0.0603. The smallest absolute Gasteiger partial charge is 0.341 e. The third-order valence-electron chi connectivity index (χ3n) is 3.89. The summed E-state index contributed by atoms with van der Waals surface area (Å²) in [5.74, 6) is -0.399. The van der Waals surface area contributed by atoms with Crippen molar-refractivity contribution in [2.24, 2.45) is 0 Å². The second-order valence-corrected chi connectivity index (χ2v) is 8.14. The van der Waals surface area contributed by atoms with Crippen LogP contribution in [0.3, 0.4) is 0 Å². The van der Waals surface area contributed by atoms with Crippen LogP contribution in [0, 0.1) is 6.92 Å². The van der Waals surface area contributed by atoms with E-state index in [1.165, 1.54) is 18.4 Å². The number of esters is 1. The fraction of sp³-hybridized carbons (Fsp3) is 0.100. The fourth-order valence-electron chi connectivity index (χ4n) is 2.70. The van der Waals surface area contributed by atoms with Gasteiger partial charge in [0.15, 0.2) is 5.11 Å². The van der Waals surface area contributed by atoms with Crippen LogP contribution in [0.2, 0.25) is 0 Å². The minimum Gasteiger partial charge on any atom is -0.465 e. The van der Waals surface area contributed by atoms with Gasteiger partial charge >= 0.3 is 5.97 Å². The zero-order valence-corrected chi connectivity index (χ0v) is 17.9. The molecule has 0 aliphatic heterocycles. The number of nitrogens with one attached hydrogen (secondary N) is 2. The van der Waals surface area contributed by atoms with Crippen molar-refractivity contribution < 1.29 is 9.53 Å². The van der Waals surface area contributed by atoms with Crippen LogP contribution in [-0.2, 0) is 4.74 Å². The van der Waals surface area contributed by atoms with Crippen molar-refractivity contribution in [2.75, 3.05) is 17.7 Å². The number of carbonyl (C=O) groups excluding carboxylic acids is 1. The maximum absolute atomic E-state index is 12.5. The highest BCUT2D eigenvalue weighted by atomic mass is 79.9. The topological polar surface area (TPSA) is 50.4 Å². The van der Waals surface area contributed by atoms with E-state index in [1.807, 2.05) is 61.5 Å². The Morgan fingerprint density at radius 3 is 2.41 bits per heavy atom. The van der Waals surface area contributed by atoms with Gasteiger partial charge in [0.1, 0.15) is 10.6 Å². The van der Waals surface area contributed by atoms with E-state index in [4.69, 9.17) is 17.0 Å². The highest BCUT2D eigenvalue weighted by Crippen LogP contribution is 2.40. The SMILES string of the molecule is COC(=O)c1c(NC(=S)Nc2ccccc2Br)sc(C)c1-c1ccccc1. The van der Waals surface area contributed by atoms with E-state index in [9.17, 15) is 4.79 Å². The largest absolute Gasteiger partial charge is 0.465 e. The van der Waals surface area contributed by atoms with E-state index in [1.54, 1.807) is 0 Å². The Bertz CT molecular complexity index is 987. The first-order chi connectivity index (χ1) is 13.0. The summed E-state index contributed by atoms with van der Waals surface area (Å²) in [7, 11) is 1.38. The fourth-order valence-corrected chi connectivity index (χ4v) is 4.43. The van der Waals surface area contributed by atoms with E-state index in [2.05, 4.69) is 26.6 Å². The molecule has 2 aromatic carbocycles. The lowest BCUT2D eigenvalue weighted by atomic mass is 10.0. The number of benzene rings is 2. The minimum absolute atomic E-state index is 0.396. The highest BCUT2D eigenvalue weighted by Gasteiger charge is 2.24. The molecule has 27 heavy (non-hydrogen) atoms. The molecular weight excluding hydrogens is 444 g/mol. The molecule has 0 saturated carbocycles. The molecule has 0 saturated heterocycles. The number of aryl methyl sites for hydroxylation is 1. The van der Waals surface area contributed by atoms with E-state index in [0.29, 0.717) is 15.7 Å². The van der Waals surface area contributed by atoms with Gasteiger partial charge in [0, 0.05) is 14.9 Å². The van der Waals surface area contributed by atoms with Gasteiger partial charge in [-0.2, -0.15) is 0 Å². The van der Waals surface area contributed by atoms with E-state index >= 15 is 0 Å². The molecule has 2 N–H and O–H groups in total. The van der Waals surface area contributed by atoms with Gasteiger partial charge in [-0.25, -0.2) is 4.79 Å². The van der Waals surface area contributed by atoms with Crippen molar-refractivity contribution in [2.45, 2.75) is 6.92 Å². The normalized spacial score (nSPS) is 10.3. The average molecular weight is 461 g/mol. The third kappa shape index (κ3) is 4.37. The molecule has 0 atom stereocenters. The number of para-hydroxylation sites is 1. The number of hydrogen-bond acceptors (Lipinski definition) is 4. The van der Waals surface area contributed by atoms with Crippen LogP contribution < -0.4 is 10.6 Å². The maximum Gasteiger partial charge on any atom is 0.341 e. The summed E-state index contributed by atoms with van der Waals surface area (Å²) >= 11 is 10.4. The number of rotatable bonds is 4. The molecule has 0 aliphatic rings. The van der Waals surface area contributed by atoms with Gasteiger partial charge in [-0.1, -0.05) is 42.5 Å². The molecular formula is C20H17BrN2O2S2. The van der Waals surface area contributed by atoms with Crippen LogP contribution in [0.1, 0.15) is 15.2 Å². The molecule has 0 amide bonds. The van der Waals surface area contributed by atoms with Crippen LogP contribution in [0.5, 0.6) is 0 Å². The van der Waals surface area contributed by atoms with Crippen LogP contribution in [-0.4, -0.2) is 18.2 Å². The van der Waals surface area contributed by atoms with Crippen molar-refractivity contribution in [1.82, 2.24) is 0 Å². The zero-order valence-electron chi connectivity index (χ0n) is 14.7. The number of methoxy groups -OCH3 is 1. The molecule has 0 fully saturated rings. The van der Waals surface area contributed by atoms with Gasteiger partial charge in [0.2, 0.25) is 0 Å². The van der Waals surface area contributed by atoms with Crippen molar-refractivity contribution in [1.29, 1.82) is 0 Å². The molecule has 0 bridgehead atoms. The van der Waals surface area contributed by atoms with Crippen LogP contribution in [0.4, 0.5) is 10.7 Å². The number of carbonyl (C=O) groups is 1. The predicted octanol–water partition coefficient (Wildman–Crippen LogP) is 6.08. The Balaban J connectivity index is 1.95. The van der Waals surface area contributed by atoms with Gasteiger partial charge in [0.25, 0.3) is 0 Å². The van der Waals surface area contributed by atoms with Crippen molar-refractivity contribution in [3.8, 4) is 11.1 Å². The van der Waals surface area contributed by atoms with Crippen molar-refractivity contribution in [3.63, 3.8) is 0 Å².